The molecule has 1 aromatic heterocycles. The van der Waals surface area contributed by atoms with Gasteiger partial charge in [0.25, 0.3) is 0 Å². The maximum atomic E-state index is 5.90. The molecule has 0 unspecified atom stereocenters. The van der Waals surface area contributed by atoms with Crippen LogP contribution in [0.3, 0.4) is 0 Å². The van der Waals surface area contributed by atoms with E-state index in [1.165, 1.54) is 18.5 Å². The fourth-order valence-corrected chi connectivity index (χ4v) is 2.08. The Hall–Kier alpha value is -1.48. The van der Waals surface area contributed by atoms with E-state index in [-0.39, 0.29) is 0 Å². The second kappa shape index (κ2) is 3.52. The van der Waals surface area contributed by atoms with Gasteiger partial charge >= 0.3 is 0 Å². The molecule has 3 N–H and O–H groups in total. The number of halogens is 1. The van der Waals surface area contributed by atoms with Crippen molar-refractivity contribution in [3.8, 4) is 11.1 Å². The molecule has 0 atom stereocenters. The molecule has 2 aromatic rings. The number of nitrogens with zero attached hydrogens (tertiary/aromatic N) is 1. The average Bonchev–Trinajstić information content (AvgIpc) is 3.05. The van der Waals surface area contributed by atoms with Gasteiger partial charge in [0.05, 0.1) is 0 Å². The Balaban J connectivity index is 2.10. The van der Waals surface area contributed by atoms with Gasteiger partial charge in [0.15, 0.2) is 5.82 Å². The van der Waals surface area contributed by atoms with E-state index in [4.69, 9.17) is 17.3 Å². The highest BCUT2D eigenvalue weighted by Gasteiger charge is 2.29. The Labute approximate surface area is 98.6 Å². The molecule has 1 heterocycles. The lowest BCUT2D eigenvalue weighted by Gasteiger charge is -2.03. The summed E-state index contributed by atoms with van der Waals surface area (Å²) in [4.78, 5) is 0. The van der Waals surface area contributed by atoms with Crippen LogP contribution in [0.25, 0.3) is 11.1 Å². The Bertz CT molecular complexity index is 512. The Morgan fingerprint density at radius 1 is 1.25 bits per heavy atom. The quantitative estimate of drug-likeness (QED) is 0.837. The summed E-state index contributed by atoms with van der Waals surface area (Å²) in [5.74, 6) is 1.18. The molecule has 0 aliphatic heterocycles. The lowest BCUT2D eigenvalue weighted by molar-refractivity contribution is 0.969. The third kappa shape index (κ3) is 1.57. The van der Waals surface area contributed by atoms with Crippen LogP contribution in [0.15, 0.2) is 24.3 Å². The zero-order valence-corrected chi connectivity index (χ0v) is 9.46. The van der Waals surface area contributed by atoms with Gasteiger partial charge in [-0.25, -0.2) is 0 Å². The highest BCUT2D eigenvalue weighted by Crippen LogP contribution is 2.45. The van der Waals surface area contributed by atoms with Crippen LogP contribution in [0.5, 0.6) is 0 Å². The van der Waals surface area contributed by atoms with Crippen LogP contribution < -0.4 is 5.73 Å². The third-order valence-electron chi connectivity index (χ3n) is 2.94. The van der Waals surface area contributed by atoms with E-state index in [9.17, 15) is 0 Å². The number of anilines is 1. The van der Waals surface area contributed by atoms with Crippen LogP contribution in [0.4, 0.5) is 5.82 Å². The first kappa shape index (κ1) is 9.73. The first-order valence-electron chi connectivity index (χ1n) is 5.35. The van der Waals surface area contributed by atoms with Gasteiger partial charge in [-0.2, -0.15) is 5.10 Å². The van der Waals surface area contributed by atoms with Gasteiger partial charge in [-0.05, 0) is 30.5 Å². The fraction of sp³-hybridized carbons (Fsp3) is 0.250. The van der Waals surface area contributed by atoms with Gasteiger partial charge < -0.3 is 5.73 Å². The molecule has 3 rings (SSSR count). The molecule has 1 fully saturated rings. The Kier molecular flexibility index (Phi) is 2.14. The summed E-state index contributed by atoms with van der Waals surface area (Å²) < 4.78 is 0. The summed E-state index contributed by atoms with van der Waals surface area (Å²) in [7, 11) is 0. The minimum Gasteiger partial charge on any atom is -0.382 e. The molecule has 1 aliphatic carbocycles. The molecule has 16 heavy (non-hydrogen) atoms. The highest BCUT2D eigenvalue weighted by atomic mass is 35.5. The van der Waals surface area contributed by atoms with Crippen molar-refractivity contribution in [2.45, 2.75) is 18.8 Å². The van der Waals surface area contributed by atoms with Crippen molar-refractivity contribution < 1.29 is 0 Å². The predicted octanol–water partition coefficient (Wildman–Crippen LogP) is 3.19. The van der Waals surface area contributed by atoms with Gasteiger partial charge in [0.2, 0.25) is 0 Å². The van der Waals surface area contributed by atoms with Crippen LogP contribution in [-0.2, 0) is 0 Å². The molecular weight excluding hydrogens is 222 g/mol. The molecule has 0 amide bonds. The van der Waals surface area contributed by atoms with E-state index in [1.54, 1.807) is 0 Å². The second-order valence-electron chi connectivity index (χ2n) is 4.18. The zero-order chi connectivity index (χ0) is 11.1. The number of H-pyrrole nitrogens is 1. The molecule has 1 aromatic carbocycles. The second-order valence-corrected chi connectivity index (χ2v) is 4.62. The molecule has 0 radical (unpaired) electrons. The predicted molar refractivity (Wildman–Crippen MR) is 65.4 cm³/mol. The van der Waals surface area contributed by atoms with Crippen LogP contribution in [0.1, 0.15) is 24.5 Å². The molecule has 82 valence electrons. The van der Waals surface area contributed by atoms with Crippen molar-refractivity contribution in [1.82, 2.24) is 10.2 Å². The van der Waals surface area contributed by atoms with Crippen molar-refractivity contribution in [3.05, 3.63) is 35.0 Å². The van der Waals surface area contributed by atoms with Gasteiger partial charge in [-0.3, -0.25) is 5.10 Å². The van der Waals surface area contributed by atoms with Crippen LogP contribution >= 0.6 is 11.6 Å². The van der Waals surface area contributed by atoms with Gasteiger partial charge in [-0.1, -0.05) is 23.7 Å². The minimum absolute atomic E-state index is 0.573. The number of nitrogens with two attached hydrogens (primary N) is 1. The van der Waals surface area contributed by atoms with E-state index in [2.05, 4.69) is 10.2 Å². The summed E-state index contributed by atoms with van der Waals surface area (Å²) >= 11 is 5.87. The van der Waals surface area contributed by atoms with Crippen molar-refractivity contribution in [1.29, 1.82) is 0 Å². The molecule has 0 bridgehead atoms. The number of benzene rings is 1. The summed E-state index contributed by atoms with van der Waals surface area (Å²) in [5, 5.41) is 7.87. The fourth-order valence-electron chi connectivity index (χ4n) is 1.96. The monoisotopic (exact) mass is 233 g/mol. The first-order chi connectivity index (χ1) is 7.75. The lowest BCUT2D eigenvalue weighted by Crippen LogP contribution is -1.89. The number of nitrogens with one attached hydrogen (secondary N) is 1. The lowest BCUT2D eigenvalue weighted by atomic mass is 10.0. The molecule has 1 saturated carbocycles. The topological polar surface area (TPSA) is 54.7 Å². The summed E-state index contributed by atoms with van der Waals surface area (Å²) in [6, 6.07) is 7.71. The Morgan fingerprint density at radius 3 is 2.56 bits per heavy atom. The number of hydrogen-bond acceptors (Lipinski definition) is 2. The van der Waals surface area contributed by atoms with E-state index in [0.29, 0.717) is 11.7 Å². The van der Waals surface area contributed by atoms with E-state index < -0.39 is 0 Å². The molecule has 3 nitrogen and oxygen atoms in total. The highest BCUT2D eigenvalue weighted by molar-refractivity contribution is 6.30. The minimum atomic E-state index is 0.573. The summed E-state index contributed by atoms with van der Waals surface area (Å²) in [6.07, 6.45) is 2.45. The van der Waals surface area contributed by atoms with Crippen LogP contribution in [-0.4, -0.2) is 10.2 Å². The summed E-state index contributed by atoms with van der Waals surface area (Å²) in [5.41, 5.74) is 9.19. The SMILES string of the molecule is Nc1n[nH]c(C2CC2)c1-c1ccc(Cl)cc1. The van der Waals surface area contributed by atoms with Gasteiger partial charge in [0, 0.05) is 22.2 Å². The van der Waals surface area contributed by atoms with E-state index >= 15 is 0 Å². The maximum absolute atomic E-state index is 5.90. The number of nitrogen functional groups attached to an aromatic ring is 1. The first-order valence-corrected chi connectivity index (χ1v) is 5.73. The standard InChI is InChI=1S/C12H12ClN3/c13-9-5-3-7(4-6-9)10-11(8-1-2-8)15-16-12(10)14/h3-6,8H,1-2H2,(H3,14,15,16). The van der Waals surface area contributed by atoms with Gasteiger partial charge in [0.1, 0.15) is 0 Å². The summed E-state index contributed by atoms with van der Waals surface area (Å²) in [6.45, 7) is 0. The number of rotatable bonds is 2. The van der Waals surface area contributed by atoms with Crippen molar-refractivity contribution in [2.24, 2.45) is 0 Å². The van der Waals surface area contributed by atoms with Crippen molar-refractivity contribution >= 4 is 17.4 Å². The number of hydrogen-bond donors (Lipinski definition) is 2. The Morgan fingerprint density at radius 2 is 1.94 bits per heavy atom. The van der Waals surface area contributed by atoms with Gasteiger partial charge in [-0.15, -0.1) is 0 Å². The van der Waals surface area contributed by atoms with Crippen molar-refractivity contribution in [3.63, 3.8) is 0 Å². The smallest absolute Gasteiger partial charge is 0.153 e. The van der Waals surface area contributed by atoms with Crippen LogP contribution in [0.2, 0.25) is 5.02 Å². The molecule has 1 aliphatic rings. The number of aromatic amines is 1. The number of aromatic nitrogens is 2. The van der Waals surface area contributed by atoms with E-state index in [1.807, 2.05) is 24.3 Å². The average molecular weight is 234 g/mol. The molecule has 4 heteroatoms. The van der Waals surface area contributed by atoms with Crippen molar-refractivity contribution in [2.75, 3.05) is 5.73 Å². The molecule has 0 saturated heterocycles. The largest absolute Gasteiger partial charge is 0.382 e. The normalized spacial score (nSPS) is 15.3. The maximum Gasteiger partial charge on any atom is 0.153 e. The molecule has 0 spiro atoms. The van der Waals surface area contributed by atoms with Crippen LogP contribution in [0, 0.1) is 0 Å². The van der Waals surface area contributed by atoms with E-state index in [0.717, 1.165) is 16.1 Å². The molecular formula is C12H12ClN3. The zero-order valence-electron chi connectivity index (χ0n) is 8.70. The third-order valence-corrected chi connectivity index (χ3v) is 3.19.